The van der Waals surface area contributed by atoms with Crippen molar-refractivity contribution in [2.45, 2.75) is 96.1 Å². The number of fused-ring (bicyclic) bond motifs is 1. The van der Waals surface area contributed by atoms with Crippen molar-refractivity contribution in [2.24, 2.45) is 0 Å². The molecule has 0 amide bonds. The van der Waals surface area contributed by atoms with Crippen LogP contribution < -0.4 is 0 Å². The van der Waals surface area contributed by atoms with E-state index in [2.05, 4.69) is 6.92 Å². The highest BCUT2D eigenvalue weighted by atomic mass is 16.7. The molecule has 2 aliphatic heterocycles. The van der Waals surface area contributed by atoms with Gasteiger partial charge in [-0.05, 0) is 19.3 Å². The molecule has 3 heteroatoms. The van der Waals surface area contributed by atoms with Crippen LogP contribution >= 0.6 is 0 Å². The maximum atomic E-state index is 5.94. The van der Waals surface area contributed by atoms with E-state index in [0.717, 1.165) is 26.1 Å². The van der Waals surface area contributed by atoms with E-state index in [4.69, 9.17) is 14.2 Å². The van der Waals surface area contributed by atoms with Gasteiger partial charge in [0.1, 0.15) is 6.10 Å². The highest BCUT2D eigenvalue weighted by molar-refractivity contribution is 4.80. The molecular formula is C17H32O3. The molecule has 0 N–H and O–H groups in total. The molecule has 3 nitrogen and oxygen atoms in total. The van der Waals surface area contributed by atoms with Crippen LogP contribution in [0.5, 0.6) is 0 Å². The van der Waals surface area contributed by atoms with E-state index in [1.807, 2.05) is 0 Å². The highest BCUT2D eigenvalue weighted by Gasteiger charge is 2.36. The molecule has 0 aromatic heterocycles. The third kappa shape index (κ3) is 5.71. The molecule has 0 aromatic rings. The second-order valence-electron chi connectivity index (χ2n) is 6.25. The largest absolute Gasteiger partial charge is 0.373 e. The third-order valence-corrected chi connectivity index (χ3v) is 4.47. The number of unbranched alkanes of at least 4 members (excludes halogenated alkanes) is 8. The minimum atomic E-state index is 0.0301. The van der Waals surface area contributed by atoms with Crippen LogP contribution in [-0.4, -0.2) is 31.7 Å². The van der Waals surface area contributed by atoms with Gasteiger partial charge in [-0.25, -0.2) is 0 Å². The van der Waals surface area contributed by atoms with Gasteiger partial charge in [0.05, 0.1) is 12.7 Å². The lowest BCUT2D eigenvalue weighted by atomic mass is 10.1. The van der Waals surface area contributed by atoms with Crippen LogP contribution in [0.15, 0.2) is 0 Å². The lowest BCUT2D eigenvalue weighted by molar-refractivity contribution is -0.240. The van der Waals surface area contributed by atoms with Crippen LogP contribution in [0, 0.1) is 0 Å². The molecule has 118 valence electrons. The van der Waals surface area contributed by atoms with Gasteiger partial charge in [-0.1, -0.05) is 58.3 Å². The number of rotatable bonds is 10. The molecule has 0 aliphatic carbocycles. The summed E-state index contributed by atoms with van der Waals surface area (Å²) in [4.78, 5) is 0. The van der Waals surface area contributed by atoms with Gasteiger partial charge in [0.15, 0.2) is 6.29 Å². The van der Waals surface area contributed by atoms with Crippen molar-refractivity contribution in [1.82, 2.24) is 0 Å². The summed E-state index contributed by atoms with van der Waals surface area (Å²) in [5.74, 6) is 0. The van der Waals surface area contributed by atoms with Gasteiger partial charge in [0.2, 0.25) is 0 Å². The quantitative estimate of drug-likeness (QED) is 0.555. The maximum Gasteiger partial charge on any atom is 0.158 e. The van der Waals surface area contributed by atoms with Crippen LogP contribution in [0.3, 0.4) is 0 Å². The topological polar surface area (TPSA) is 27.7 Å². The Hall–Kier alpha value is -0.120. The molecule has 0 radical (unpaired) electrons. The SMILES string of the molecule is CCCCCCCCCCCC1OCC2OCCC2O1. The van der Waals surface area contributed by atoms with E-state index in [1.165, 1.54) is 57.8 Å². The second-order valence-corrected chi connectivity index (χ2v) is 6.25. The summed E-state index contributed by atoms with van der Waals surface area (Å²) in [6.07, 6.45) is 15.0. The van der Waals surface area contributed by atoms with Gasteiger partial charge in [-0.3, -0.25) is 0 Å². The Morgan fingerprint density at radius 2 is 1.50 bits per heavy atom. The zero-order valence-electron chi connectivity index (χ0n) is 13.1. The van der Waals surface area contributed by atoms with Crippen LogP contribution in [0.2, 0.25) is 0 Å². The molecule has 2 heterocycles. The van der Waals surface area contributed by atoms with Gasteiger partial charge < -0.3 is 14.2 Å². The summed E-state index contributed by atoms with van der Waals surface area (Å²) in [5, 5.41) is 0. The first kappa shape index (κ1) is 16.3. The van der Waals surface area contributed by atoms with Crippen molar-refractivity contribution in [1.29, 1.82) is 0 Å². The van der Waals surface area contributed by atoms with Gasteiger partial charge >= 0.3 is 0 Å². The predicted molar refractivity (Wildman–Crippen MR) is 80.8 cm³/mol. The summed E-state index contributed by atoms with van der Waals surface area (Å²) in [7, 11) is 0. The lowest BCUT2D eigenvalue weighted by Gasteiger charge is -2.31. The molecular weight excluding hydrogens is 252 g/mol. The third-order valence-electron chi connectivity index (χ3n) is 4.47. The molecule has 3 atom stereocenters. The summed E-state index contributed by atoms with van der Waals surface area (Å²) < 4.78 is 17.2. The Morgan fingerprint density at radius 3 is 2.25 bits per heavy atom. The Morgan fingerprint density at radius 1 is 0.800 bits per heavy atom. The summed E-state index contributed by atoms with van der Waals surface area (Å²) >= 11 is 0. The van der Waals surface area contributed by atoms with Crippen molar-refractivity contribution in [3.05, 3.63) is 0 Å². The predicted octanol–water partition coefficient (Wildman–Crippen LogP) is 4.44. The average Bonchev–Trinajstić information content (AvgIpc) is 2.93. The van der Waals surface area contributed by atoms with Gasteiger partial charge in [-0.2, -0.15) is 0 Å². The van der Waals surface area contributed by atoms with Crippen molar-refractivity contribution in [2.75, 3.05) is 13.2 Å². The average molecular weight is 284 g/mol. The van der Waals surface area contributed by atoms with Gasteiger partial charge in [0, 0.05) is 6.61 Å². The normalized spacial score (nSPS) is 29.6. The van der Waals surface area contributed by atoms with Crippen molar-refractivity contribution < 1.29 is 14.2 Å². The van der Waals surface area contributed by atoms with Crippen LogP contribution in [0.1, 0.15) is 77.6 Å². The Labute approximate surface area is 124 Å². The summed E-state index contributed by atoms with van der Waals surface area (Å²) in [6.45, 7) is 3.84. The first-order chi connectivity index (χ1) is 9.90. The lowest BCUT2D eigenvalue weighted by Crippen LogP contribution is -2.40. The van der Waals surface area contributed by atoms with E-state index in [-0.39, 0.29) is 12.4 Å². The first-order valence-electron chi connectivity index (χ1n) is 8.79. The summed E-state index contributed by atoms with van der Waals surface area (Å²) in [6, 6.07) is 0. The fourth-order valence-electron chi connectivity index (χ4n) is 3.15. The molecule has 2 rings (SSSR count). The zero-order valence-corrected chi connectivity index (χ0v) is 13.1. The molecule has 2 saturated heterocycles. The fourth-order valence-corrected chi connectivity index (χ4v) is 3.15. The highest BCUT2D eigenvalue weighted by Crippen LogP contribution is 2.26. The number of hydrogen-bond donors (Lipinski definition) is 0. The van der Waals surface area contributed by atoms with E-state index < -0.39 is 0 Å². The van der Waals surface area contributed by atoms with Crippen LogP contribution in [0.25, 0.3) is 0 Å². The second kappa shape index (κ2) is 9.75. The molecule has 2 fully saturated rings. The minimum Gasteiger partial charge on any atom is -0.373 e. The van der Waals surface area contributed by atoms with Crippen molar-refractivity contribution in [3.63, 3.8) is 0 Å². The molecule has 0 aromatic carbocycles. The minimum absolute atomic E-state index is 0.0301. The zero-order chi connectivity index (χ0) is 14.0. The Kier molecular flexibility index (Phi) is 7.92. The molecule has 0 bridgehead atoms. The van der Waals surface area contributed by atoms with Crippen molar-refractivity contribution in [3.8, 4) is 0 Å². The fraction of sp³-hybridized carbons (Fsp3) is 1.00. The van der Waals surface area contributed by atoms with Crippen LogP contribution in [-0.2, 0) is 14.2 Å². The van der Waals surface area contributed by atoms with E-state index in [0.29, 0.717) is 6.10 Å². The molecule has 0 saturated carbocycles. The van der Waals surface area contributed by atoms with Gasteiger partial charge in [-0.15, -0.1) is 0 Å². The summed E-state index contributed by atoms with van der Waals surface area (Å²) in [5.41, 5.74) is 0. The Bertz CT molecular complexity index is 244. The first-order valence-corrected chi connectivity index (χ1v) is 8.79. The maximum absolute atomic E-state index is 5.94. The van der Waals surface area contributed by atoms with Crippen LogP contribution in [0.4, 0.5) is 0 Å². The monoisotopic (exact) mass is 284 g/mol. The number of hydrogen-bond acceptors (Lipinski definition) is 3. The van der Waals surface area contributed by atoms with Crippen molar-refractivity contribution >= 4 is 0 Å². The Balaban J connectivity index is 1.40. The molecule has 2 aliphatic rings. The number of ether oxygens (including phenoxy) is 3. The molecule has 3 unspecified atom stereocenters. The molecule has 20 heavy (non-hydrogen) atoms. The van der Waals surface area contributed by atoms with Gasteiger partial charge in [0.25, 0.3) is 0 Å². The van der Waals surface area contributed by atoms with E-state index in [9.17, 15) is 0 Å². The molecule has 0 spiro atoms. The smallest absolute Gasteiger partial charge is 0.158 e. The standard InChI is InChI=1S/C17H32O3/c1-2-3-4-5-6-7-8-9-10-11-17-19-14-16-15(20-17)12-13-18-16/h15-17H,2-14H2,1H3. The van der Waals surface area contributed by atoms with E-state index in [1.54, 1.807) is 0 Å². The van der Waals surface area contributed by atoms with E-state index >= 15 is 0 Å².